The van der Waals surface area contributed by atoms with Crippen LogP contribution in [0.1, 0.15) is 55.6 Å². The first-order valence-corrected chi connectivity index (χ1v) is 31.2. The third-order valence-electron chi connectivity index (χ3n) is 17.5. The fraction of sp³-hybridized carbons (Fsp3) is 0.175. The van der Waals surface area contributed by atoms with Crippen LogP contribution in [0.25, 0.3) is 83.0 Å². The second-order valence-electron chi connectivity index (χ2n) is 24.2. The van der Waals surface area contributed by atoms with Gasteiger partial charge < -0.3 is 0 Å². The Hall–Kier alpha value is -11.1. The van der Waals surface area contributed by atoms with Crippen LogP contribution >= 0.6 is 0 Å². The van der Waals surface area contributed by atoms with Gasteiger partial charge >= 0.3 is 0 Å². The summed E-state index contributed by atoms with van der Waals surface area (Å²) in [4.78, 5) is 0. The average molecular weight is 1230 g/mol. The molecule has 0 saturated heterocycles. The number of para-hydroxylation sites is 6. The predicted molar refractivity (Wildman–Crippen MR) is 370 cm³/mol. The molecule has 0 amide bonds. The van der Waals surface area contributed by atoms with Crippen LogP contribution in [0.4, 0.5) is 8.78 Å². The number of nitriles is 1. The van der Waals surface area contributed by atoms with E-state index in [0.717, 1.165) is 55.9 Å². The summed E-state index contributed by atoms with van der Waals surface area (Å²) in [6.07, 6.45) is 10.7. The van der Waals surface area contributed by atoms with E-state index in [4.69, 9.17) is 5.26 Å². The maximum atomic E-state index is 13.4. The second kappa shape index (κ2) is 26.8. The Labute approximate surface area is 543 Å². The molecule has 0 bridgehead atoms. The predicted octanol–water partition coefficient (Wildman–Crippen LogP) is 15.2. The van der Waals surface area contributed by atoms with Crippen molar-refractivity contribution in [2.24, 2.45) is 35.2 Å². The van der Waals surface area contributed by atoms with Gasteiger partial charge in [-0.25, -0.2) is 8.78 Å². The fourth-order valence-electron chi connectivity index (χ4n) is 12.9. The van der Waals surface area contributed by atoms with E-state index >= 15 is 0 Å². The Kier molecular flexibility index (Phi) is 18.3. The van der Waals surface area contributed by atoms with Crippen LogP contribution in [0.2, 0.25) is 0 Å². The quantitative estimate of drug-likeness (QED) is 0.158. The molecule has 0 aliphatic rings. The third-order valence-corrected chi connectivity index (χ3v) is 17.5. The summed E-state index contributed by atoms with van der Waals surface area (Å²) >= 11 is 0. The Morgan fingerprint density at radius 3 is 1.28 bits per heavy atom. The number of benzene rings is 10. The molecule has 0 spiro atoms. The zero-order valence-electron chi connectivity index (χ0n) is 55.6. The number of rotatable bonds is 5. The van der Waals surface area contributed by atoms with E-state index in [-0.39, 0.29) is 11.6 Å². The van der Waals surface area contributed by atoms with Crippen LogP contribution in [-0.4, -0.2) is 23.4 Å². The molecule has 0 aliphatic heterocycles. The first-order chi connectivity index (χ1) is 44.7. The highest BCUT2D eigenvalue weighted by molar-refractivity contribution is 5.81. The maximum Gasteiger partial charge on any atom is 0.241 e. The lowest BCUT2D eigenvalue weighted by Crippen LogP contribution is -2.40. The highest BCUT2D eigenvalue weighted by atomic mass is 19.1. The van der Waals surface area contributed by atoms with Crippen molar-refractivity contribution in [1.29, 1.82) is 5.26 Å². The van der Waals surface area contributed by atoms with E-state index < -0.39 is 0 Å². The van der Waals surface area contributed by atoms with Gasteiger partial charge in [-0.05, 0) is 187 Å². The molecule has 0 unspecified atom stereocenters. The minimum atomic E-state index is -0.183. The topological polar surface area (TPSA) is 67.8 Å². The summed E-state index contributed by atoms with van der Waals surface area (Å²) in [5.74, 6) is -0.365. The number of aromatic nitrogens is 10. The summed E-state index contributed by atoms with van der Waals surface area (Å²) in [5, 5.41) is 15.0. The van der Waals surface area contributed by atoms with E-state index in [2.05, 4.69) is 242 Å². The number of fused-ring (bicyclic) bond motifs is 5. The minimum absolute atomic E-state index is 0.182. The SMILES string of the molecule is Cc1cc(C#N)ccc1-n1cc2ccccc2[n+]1C.Cc1cc(F)cc(C)c1-[n+]1cc2ccccc2n1C.Cc1cc(F)cc(C)c1-n1c2ccccc2c[n+]1C.Cc1ccc(C)c(-n2cc3ccccc3[n+]2C)c1.Cc1cccc(C)c1-[n+]1cc2ccccc2n1C. The zero-order chi connectivity index (χ0) is 65.9. The Morgan fingerprint density at radius 2 is 0.806 bits per heavy atom. The van der Waals surface area contributed by atoms with Gasteiger partial charge in [0.15, 0.2) is 21.1 Å². The van der Waals surface area contributed by atoms with Crippen LogP contribution in [0, 0.1) is 85.3 Å². The molecule has 464 valence electrons. The van der Waals surface area contributed by atoms with Gasteiger partial charge in [0, 0.05) is 34.4 Å². The summed E-state index contributed by atoms with van der Waals surface area (Å²) < 4.78 is 48.3. The Morgan fingerprint density at radius 1 is 0.376 bits per heavy atom. The number of halogens is 2. The molecule has 0 N–H and O–H groups in total. The number of hydrogen-bond donors (Lipinski definition) is 0. The highest BCUT2D eigenvalue weighted by Gasteiger charge is 2.24. The van der Waals surface area contributed by atoms with Gasteiger partial charge in [-0.1, -0.05) is 100 Å². The number of aryl methyl sites for hydroxylation is 14. The molecule has 15 rings (SSSR count). The van der Waals surface area contributed by atoms with E-state index in [1.807, 2.05) is 115 Å². The van der Waals surface area contributed by atoms with Crippen molar-refractivity contribution in [3.05, 3.63) is 298 Å². The van der Waals surface area contributed by atoms with Crippen molar-refractivity contribution in [3.8, 4) is 34.5 Å². The van der Waals surface area contributed by atoms with Crippen LogP contribution in [0.5, 0.6) is 0 Å². The van der Waals surface area contributed by atoms with Crippen LogP contribution in [0.15, 0.2) is 231 Å². The van der Waals surface area contributed by atoms with Gasteiger partial charge in [-0.2, -0.15) is 14.6 Å². The standard InChI is InChI=1S/2C16H16FN2.C16H14N3.2C16H17N2/c1-11-8-14(17)9-12(2)16(11)19-10-13-6-4-5-7-15(13)18(19)3;1-11-8-14(17)9-12(2)16(11)19-15-7-5-4-6-13(15)10-18(19)3;1-12-9-13(10-17)7-8-15(12)19-11-14-5-3-4-6-16(14)18(19)2;1-12-7-6-8-13(2)16(12)18-11-14-9-4-5-10-15(14)17(18)3;1-12-8-9-13(2)16(10-12)18-11-14-6-4-5-7-15(14)17(18)3/h2*4-10H,1-3H3;3-9,11H,1-2H3;2*4-11H,1-3H3/q5*+1. The van der Waals surface area contributed by atoms with E-state index in [1.165, 1.54) is 77.1 Å². The number of hydrogen-bond acceptors (Lipinski definition) is 1. The zero-order valence-corrected chi connectivity index (χ0v) is 55.6. The van der Waals surface area contributed by atoms with Crippen molar-refractivity contribution in [2.75, 3.05) is 0 Å². The molecule has 0 radical (unpaired) electrons. The Balaban J connectivity index is 0.000000119. The van der Waals surface area contributed by atoms with Gasteiger partial charge in [0.2, 0.25) is 41.0 Å². The van der Waals surface area contributed by atoms with E-state index in [9.17, 15) is 8.78 Å². The molecule has 10 aromatic carbocycles. The molecule has 15 aromatic rings. The molecular formula is C80H80F2N11+5. The summed E-state index contributed by atoms with van der Waals surface area (Å²) in [6.45, 7) is 18.4. The van der Waals surface area contributed by atoms with E-state index in [1.54, 1.807) is 24.3 Å². The molecule has 0 saturated carbocycles. The monoisotopic (exact) mass is 1230 g/mol. The maximum absolute atomic E-state index is 13.4. The van der Waals surface area contributed by atoms with E-state index in [0.29, 0.717) is 5.56 Å². The first-order valence-electron chi connectivity index (χ1n) is 31.2. The lowest BCUT2D eigenvalue weighted by atomic mass is 10.1. The Bertz CT molecular complexity index is 5260. The van der Waals surface area contributed by atoms with Gasteiger partial charge in [0.1, 0.15) is 45.2 Å². The van der Waals surface area contributed by atoms with Crippen molar-refractivity contribution >= 4 is 54.5 Å². The van der Waals surface area contributed by atoms with Crippen LogP contribution < -0.4 is 23.4 Å². The van der Waals surface area contributed by atoms with Crippen molar-refractivity contribution < 1.29 is 32.2 Å². The molecule has 0 fully saturated rings. The third kappa shape index (κ3) is 12.9. The second-order valence-corrected chi connectivity index (χ2v) is 24.2. The normalized spacial score (nSPS) is 11.0. The molecule has 13 heteroatoms. The summed E-state index contributed by atoms with van der Waals surface area (Å²) in [6, 6.07) is 68.9. The van der Waals surface area contributed by atoms with Gasteiger partial charge in [-0.15, -0.1) is 28.1 Å². The molecular weight excluding hydrogens is 1150 g/mol. The molecule has 5 aromatic heterocycles. The average Bonchev–Trinajstić information content (AvgIpc) is 1.73. The molecule has 5 heterocycles. The van der Waals surface area contributed by atoms with Gasteiger partial charge in [0.25, 0.3) is 0 Å². The molecule has 93 heavy (non-hydrogen) atoms. The summed E-state index contributed by atoms with van der Waals surface area (Å²) in [5.41, 5.74) is 22.4. The van der Waals surface area contributed by atoms with Crippen molar-refractivity contribution in [1.82, 2.24) is 23.4 Å². The molecule has 0 aliphatic carbocycles. The highest BCUT2D eigenvalue weighted by Crippen LogP contribution is 2.26. The largest absolute Gasteiger partial charge is 0.241 e. The minimum Gasteiger partial charge on any atom is -0.207 e. The lowest BCUT2D eigenvalue weighted by molar-refractivity contribution is -0.741. The van der Waals surface area contributed by atoms with Crippen molar-refractivity contribution in [2.45, 2.75) is 62.3 Å². The molecule has 0 atom stereocenters. The smallest absolute Gasteiger partial charge is 0.207 e. The number of nitrogens with zero attached hydrogens (tertiary/aromatic N) is 11. The first kappa shape index (κ1) is 63.5. The lowest BCUT2D eigenvalue weighted by Gasteiger charge is -2.09. The van der Waals surface area contributed by atoms with Gasteiger partial charge in [-0.3, -0.25) is 0 Å². The van der Waals surface area contributed by atoms with Crippen molar-refractivity contribution in [3.63, 3.8) is 0 Å². The fourth-order valence-corrected chi connectivity index (χ4v) is 12.9. The van der Waals surface area contributed by atoms with Crippen LogP contribution in [-0.2, 0) is 35.2 Å². The van der Waals surface area contributed by atoms with Gasteiger partial charge in [0.05, 0.1) is 65.1 Å². The molecule has 11 nitrogen and oxygen atoms in total. The summed E-state index contributed by atoms with van der Waals surface area (Å²) in [7, 11) is 10.3. The van der Waals surface area contributed by atoms with Crippen LogP contribution in [0.3, 0.4) is 0 Å².